The number of amides is 1. The molecule has 4 heteroatoms. The van der Waals surface area contributed by atoms with Crippen LogP contribution in [0.1, 0.15) is 30.6 Å². The minimum Gasteiger partial charge on any atom is -0.388 e. The van der Waals surface area contributed by atoms with Crippen LogP contribution < -0.4 is 5.32 Å². The van der Waals surface area contributed by atoms with Gasteiger partial charge < -0.3 is 15.2 Å². The number of ether oxygens (including phenoxy) is 1. The van der Waals surface area contributed by atoms with Gasteiger partial charge in [0.05, 0.1) is 19.1 Å². The molecule has 0 bridgehead atoms. The Labute approximate surface area is 130 Å². The number of carbonyl (C=O) groups excluding carboxylic acids is 1. The van der Waals surface area contributed by atoms with Crippen LogP contribution in [-0.2, 0) is 16.1 Å². The molecule has 116 valence electrons. The van der Waals surface area contributed by atoms with E-state index >= 15 is 0 Å². The van der Waals surface area contributed by atoms with Crippen LogP contribution in [0.4, 0.5) is 5.69 Å². The monoisotopic (exact) mass is 299 g/mol. The number of anilines is 1. The van der Waals surface area contributed by atoms with Crippen molar-refractivity contribution in [1.29, 1.82) is 0 Å². The molecule has 22 heavy (non-hydrogen) atoms. The maximum atomic E-state index is 12.0. The van der Waals surface area contributed by atoms with Crippen LogP contribution >= 0.6 is 0 Å². The Morgan fingerprint density at radius 2 is 1.82 bits per heavy atom. The van der Waals surface area contributed by atoms with Gasteiger partial charge >= 0.3 is 0 Å². The third-order valence-electron chi connectivity index (χ3n) is 3.27. The smallest absolute Gasteiger partial charge is 0.227 e. The average molecular weight is 299 g/mol. The lowest BCUT2D eigenvalue weighted by molar-refractivity contribution is -0.118. The average Bonchev–Trinajstić information content (AvgIpc) is 2.55. The number of hydrogen-bond acceptors (Lipinski definition) is 3. The molecule has 2 rings (SSSR count). The number of carbonyl (C=O) groups is 1. The Balaban J connectivity index is 1.86. The summed E-state index contributed by atoms with van der Waals surface area (Å²) in [7, 11) is 0. The van der Waals surface area contributed by atoms with Crippen molar-refractivity contribution in [3.63, 3.8) is 0 Å². The third kappa shape index (κ3) is 4.98. The van der Waals surface area contributed by atoms with Crippen LogP contribution in [-0.4, -0.2) is 17.6 Å². The highest BCUT2D eigenvalue weighted by molar-refractivity contribution is 5.91. The molecule has 0 aliphatic heterocycles. The number of aliphatic hydroxyl groups is 1. The maximum absolute atomic E-state index is 12.0. The number of aliphatic hydroxyl groups excluding tert-OH is 1. The zero-order chi connectivity index (χ0) is 15.8. The Hall–Kier alpha value is -2.17. The van der Waals surface area contributed by atoms with E-state index in [9.17, 15) is 9.90 Å². The number of rotatable bonds is 7. The molecule has 4 nitrogen and oxygen atoms in total. The molecule has 1 atom stereocenters. The molecule has 0 radical (unpaired) electrons. The molecule has 0 aromatic heterocycles. The molecule has 0 aliphatic carbocycles. The van der Waals surface area contributed by atoms with E-state index < -0.39 is 6.10 Å². The summed E-state index contributed by atoms with van der Waals surface area (Å²) < 4.78 is 5.32. The molecule has 2 N–H and O–H groups in total. The summed E-state index contributed by atoms with van der Waals surface area (Å²) in [6.45, 7) is 3.19. The van der Waals surface area contributed by atoms with Crippen LogP contribution in [0.5, 0.6) is 0 Å². The second-order valence-corrected chi connectivity index (χ2v) is 5.01. The van der Waals surface area contributed by atoms with Crippen molar-refractivity contribution in [2.45, 2.75) is 26.1 Å². The van der Waals surface area contributed by atoms with Gasteiger partial charge in [0.2, 0.25) is 5.91 Å². The lowest BCUT2D eigenvalue weighted by atomic mass is 10.1. The fourth-order valence-corrected chi connectivity index (χ4v) is 2.08. The van der Waals surface area contributed by atoms with Crippen molar-refractivity contribution in [3.8, 4) is 0 Å². The van der Waals surface area contributed by atoms with E-state index in [1.807, 2.05) is 49.4 Å². The SMILES string of the molecule is CCOCc1ccc(NC(=O)CC(O)c2ccccc2)cc1. The van der Waals surface area contributed by atoms with E-state index in [-0.39, 0.29) is 12.3 Å². The highest BCUT2D eigenvalue weighted by Crippen LogP contribution is 2.17. The minimum absolute atomic E-state index is 0.0325. The standard InChI is InChI=1S/C18H21NO3/c1-2-22-13-14-8-10-16(11-9-14)19-18(21)12-17(20)15-6-4-3-5-7-15/h3-11,17,20H,2,12-13H2,1H3,(H,19,21). The van der Waals surface area contributed by atoms with Gasteiger partial charge in [-0.15, -0.1) is 0 Å². The molecular weight excluding hydrogens is 278 g/mol. The molecule has 0 fully saturated rings. The van der Waals surface area contributed by atoms with Crippen molar-refractivity contribution >= 4 is 11.6 Å². The predicted molar refractivity (Wildman–Crippen MR) is 86.4 cm³/mol. The van der Waals surface area contributed by atoms with Crippen LogP contribution in [0.2, 0.25) is 0 Å². The zero-order valence-corrected chi connectivity index (χ0v) is 12.7. The van der Waals surface area contributed by atoms with Gasteiger partial charge in [-0.1, -0.05) is 42.5 Å². The Morgan fingerprint density at radius 1 is 1.14 bits per heavy atom. The first-order chi connectivity index (χ1) is 10.7. The Bertz CT molecular complexity index is 581. The molecule has 0 saturated carbocycles. The topological polar surface area (TPSA) is 58.6 Å². The lowest BCUT2D eigenvalue weighted by Crippen LogP contribution is -2.15. The highest BCUT2D eigenvalue weighted by Gasteiger charge is 2.12. The van der Waals surface area contributed by atoms with Crippen molar-refractivity contribution < 1.29 is 14.6 Å². The first-order valence-electron chi connectivity index (χ1n) is 7.38. The maximum Gasteiger partial charge on any atom is 0.227 e. The van der Waals surface area contributed by atoms with E-state index in [2.05, 4.69) is 5.32 Å². The van der Waals surface area contributed by atoms with E-state index in [1.165, 1.54) is 0 Å². The van der Waals surface area contributed by atoms with Crippen molar-refractivity contribution in [2.75, 3.05) is 11.9 Å². The molecule has 0 aliphatic rings. The van der Waals surface area contributed by atoms with Crippen LogP contribution in [0, 0.1) is 0 Å². The number of benzene rings is 2. The van der Waals surface area contributed by atoms with Gasteiger partial charge in [0.15, 0.2) is 0 Å². The summed E-state index contributed by atoms with van der Waals surface area (Å²) in [5.41, 5.74) is 2.51. The fraction of sp³-hybridized carbons (Fsp3) is 0.278. The Kier molecular flexibility index (Phi) is 6.13. The van der Waals surface area contributed by atoms with Crippen molar-refractivity contribution in [2.24, 2.45) is 0 Å². The predicted octanol–water partition coefficient (Wildman–Crippen LogP) is 3.29. The highest BCUT2D eigenvalue weighted by atomic mass is 16.5. The minimum atomic E-state index is -0.793. The fourth-order valence-electron chi connectivity index (χ4n) is 2.08. The van der Waals surface area contributed by atoms with E-state index in [4.69, 9.17) is 4.74 Å². The zero-order valence-electron chi connectivity index (χ0n) is 12.7. The lowest BCUT2D eigenvalue weighted by Gasteiger charge is -2.11. The molecule has 0 saturated heterocycles. The number of nitrogens with one attached hydrogen (secondary N) is 1. The first-order valence-corrected chi connectivity index (χ1v) is 7.38. The number of hydrogen-bond donors (Lipinski definition) is 2. The summed E-state index contributed by atoms with van der Waals surface area (Å²) in [6.07, 6.45) is -0.761. The van der Waals surface area contributed by atoms with E-state index in [0.717, 1.165) is 11.1 Å². The molecule has 1 amide bonds. The molecule has 2 aromatic rings. The van der Waals surface area contributed by atoms with Crippen molar-refractivity contribution in [3.05, 3.63) is 65.7 Å². The first kappa shape index (κ1) is 16.2. The molecule has 1 unspecified atom stereocenters. The quantitative estimate of drug-likeness (QED) is 0.825. The van der Waals surface area contributed by atoms with Gasteiger partial charge in [0, 0.05) is 12.3 Å². The summed E-state index contributed by atoms with van der Waals surface area (Å²) >= 11 is 0. The molecule has 2 aromatic carbocycles. The molecule has 0 spiro atoms. The van der Waals surface area contributed by atoms with Gasteiger partial charge in [-0.3, -0.25) is 4.79 Å². The Morgan fingerprint density at radius 3 is 2.45 bits per heavy atom. The van der Waals surface area contributed by atoms with E-state index in [1.54, 1.807) is 12.1 Å². The van der Waals surface area contributed by atoms with Crippen LogP contribution in [0.3, 0.4) is 0 Å². The normalized spacial score (nSPS) is 11.9. The van der Waals surface area contributed by atoms with Crippen LogP contribution in [0.15, 0.2) is 54.6 Å². The molecule has 0 heterocycles. The summed E-state index contributed by atoms with van der Waals surface area (Å²) in [4.78, 5) is 12.0. The van der Waals surface area contributed by atoms with Gasteiger partial charge in [-0.25, -0.2) is 0 Å². The second-order valence-electron chi connectivity index (χ2n) is 5.01. The van der Waals surface area contributed by atoms with Crippen molar-refractivity contribution in [1.82, 2.24) is 0 Å². The van der Waals surface area contributed by atoms with Crippen LogP contribution in [0.25, 0.3) is 0 Å². The third-order valence-corrected chi connectivity index (χ3v) is 3.27. The van der Waals surface area contributed by atoms with Gasteiger partial charge in [0.25, 0.3) is 0 Å². The summed E-state index contributed by atoms with van der Waals surface area (Å²) in [5.74, 6) is -0.214. The van der Waals surface area contributed by atoms with Gasteiger partial charge in [0.1, 0.15) is 0 Å². The summed E-state index contributed by atoms with van der Waals surface area (Å²) in [5, 5.41) is 12.8. The van der Waals surface area contributed by atoms with Gasteiger partial charge in [-0.2, -0.15) is 0 Å². The summed E-state index contributed by atoms with van der Waals surface area (Å²) in [6, 6.07) is 16.7. The van der Waals surface area contributed by atoms with Gasteiger partial charge in [-0.05, 0) is 30.2 Å². The molecular formula is C18H21NO3. The van der Waals surface area contributed by atoms with E-state index in [0.29, 0.717) is 18.9 Å². The second kappa shape index (κ2) is 8.32. The largest absolute Gasteiger partial charge is 0.388 e.